The molecule has 0 aromatic rings. The molecule has 4 atom stereocenters. The third-order valence-electron chi connectivity index (χ3n) is 3.22. The van der Waals surface area contributed by atoms with Crippen LogP contribution in [0.25, 0.3) is 0 Å². The van der Waals surface area contributed by atoms with E-state index in [1.165, 1.54) is 0 Å². The monoisotopic (exact) mass is 184 g/mol. The Kier molecular flexibility index (Phi) is 2.28. The number of carboxylic acid groups (broad SMARTS) is 1. The van der Waals surface area contributed by atoms with Gasteiger partial charge in [0.05, 0.1) is 18.1 Å². The Balaban J connectivity index is 1.77. The normalized spacial score (nSPS) is 39.3. The van der Waals surface area contributed by atoms with Gasteiger partial charge < -0.3 is 9.84 Å². The predicted octanol–water partition coefficient (Wildman–Crippen LogP) is 1.66. The maximum Gasteiger partial charge on any atom is 0.306 e. The van der Waals surface area contributed by atoms with E-state index in [0.29, 0.717) is 18.1 Å². The summed E-state index contributed by atoms with van der Waals surface area (Å²) in [4.78, 5) is 10.6. The van der Waals surface area contributed by atoms with Gasteiger partial charge in [-0.15, -0.1) is 0 Å². The molecule has 3 nitrogen and oxygen atoms in total. The highest BCUT2D eigenvalue weighted by molar-refractivity contribution is 5.69. The summed E-state index contributed by atoms with van der Waals surface area (Å²) in [5.41, 5.74) is 0. The number of hydrogen-bond donors (Lipinski definition) is 1. The average Bonchev–Trinajstić information content (AvgIpc) is 2.81. The number of carboxylic acids is 1. The van der Waals surface area contributed by atoms with Crippen LogP contribution in [0, 0.1) is 11.8 Å². The smallest absolute Gasteiger partial charge is 0.306 e. The van der Waals surface area contributed by atoms with Gasteiger partial charge in [0.25, 0.3) is 0 Å². The van der Waals surface area contributed by atoms with Crippen molar-refractivity contribution in [1.82, 2.24) is 0 Å². The molecule has 3 heteroatoms. The highest BCUT2D eigenvalue weighted by Gasteiger charge is 2.44. The van der Waals surface area contributed by atoms with Gasteiger partial charge >= 0.3 is 5.97 Å². The van der Waals surface area contributed by atoms with Gasteiger partial charge in [-0.1, -0.05) is 6.92 Å². The summed E-state index contributed by atoms with van der Waals surface area (Å²) < 4.78 is 5.40. The zero-order valence-corrected chi connectivity index (χ0v) is 7.90. The third-order valence-corrected chi connectivity index (χ3v) is 3.22. The predicted molar refractivity (Wildman–Crippen MR) is 47.4 cm³/mol. The van der Waals surface area contributed by atoms with Crippen LogP contribution in [0.1, 0.15) is 32.6 Å². The number of epoxide rings is 1. The van der Waals surface area contributed by atoms with Gasteiger partial charge in [-0.2, -0.15) is 0 Å². The summed E-state index contributed by atoms with van der Waals surface area (Å²) in [6, 6.07) is 0. The minimum atomic E-state index is -0.668. The molecule has 13 heavy (non-hydrogen) atoms. The van der Waals surface area contributed by atoms with Crippen molar-refractivity contribution < 1.29 is 14.6 Å². The highest BCUT2D eigenvalue weighted by Crippen LogP contribution is 2.41. The Labute approximate surface area is 78.1 Å². The van der Waals surface area contributed by atoms with Gasteiger partial charge in [0.2, 0.25) is 0 Å². The van der Waals surface area contributed by atoms with Gasteiger partial charge in [-0.25, -0.2) is 0 Å². The fourth-order valence-electron chi connectivity index (χ4n) is 2.30. The molecule has 2 rings (SSSR count). The number of rotatable bonds is 3. The summed E-state index contributed by atoms with van der Waals surface area (Å²) in [5, 5.41) is 8.76. The molecule has 0 aromatic carbocycles. The Morgan fingerprint density at radius 2 is 2.31 bits per heavy atom. The molecule has 1 aliphatic carbocycles. The van der Waals surface area contributed by atoms with Gasteiger partial charge in [0, 0.05) is 0 Å². The van der Waals surface area contributed by atoms with Crippen LogP contribution in [0.4, 0.5) is 0 Å². The average molecular weight is 184 g/mol. The van der Waals surface area contributed by atoms with Crippen molar-refractivity contribution in [3.05, 3.63) is 0 Å². The number of ether oxygens (including phenoxy) is 1. The van der Waals surface area contributed by atoms with Crippen molar-refractivity contribution in [1.29, 1.82) is 0 Å². The van der Waals surface area contributed by atoms with Crippen LogP contribution in [0.2, 0.25) is 0 Å². The molecular formula is C10H16O3. The van der Waals surface area contributed by atoms with E-state index in [2.05, 4.69) is 0 Å². The Hall–Kier alpha value is -0.570. The first kappa shape index (κ1) is 9.00. The maximum atomic E-state index is 10.6. The fourth-order valence-corrected chi connectivity index (χ4v) is 2.30. The molecule has 0 aromatic heterocycles. The molecule has 1 saturated carbocycles. The largest absolute Gasteiger partial charge is 0.481 e. The summed E-state index contributed by atoms with van der Waals surface area (Å²) in [7, 11) is 0. The molecule has 4 unspecified atom stereocenters. The van der Waals surface area contributed by atoms with Crippen molar-refractivity contribution in [3.63, 3.8) is 0 Å². The van der Waals surface area contributed by atoms with Crippen molar-refractivity contribution in [2.75, 3.05) is 0 Å². The van der Waals surface area contributed by atoms with Crippen LogP contribution >= 0.6 is 0 Å². The maximum absolute atomic E-state index is 10.6. The van der Waals surface area contributed by atoms with Crippen molar-refractivity contribution in [3.8, 4) is 0 Å². The number of hydrogen-bond acceptors (Lipinski definition) is 2. The Bertz CT molecular complexity index is 214. The second kappa shape index (κ2) is 3.29. The Morgan fingerprint density at radius 3 is 2.92 bits per heavy atom. The lowest BCUT2D eigenvalue weighted by Gasteiger charge is -2.20. The van der Waals surface area contributed by atoms with E-state index in [-0.39, 0.29) is 5.92 Å². The molecule has 1 heterocycles. The van der Waals surface area contributed by atoms with E-state index in [0.717, 1.165) is 25.7 Å². The molecule has 0 amide bonds. The fraction of sp³-hybridized carbons (Fsp3) is 0.900. The summed E-state index contributed by atoms with van der Waals surface area (Å²) in [6.07, 6.45) is 5.20. The lowest BCUT2D eigenvalue weighted by atomic mass is 9.83. The van der Waals surface area contributed by atoms with Crippen molar-refractivity contribution >= 4 is 5.97 Å². The van der Waals surface area contributed by atoms with Gasteiger partial charge in [0.15, 0.2) is 0 Å². The minimum Gasteiger partial charge on any atom is -0.481 e. The molecule has 1 aliphatic heterocycles. The van der Waals surface area contributed by atoms with E-state index >= 15 is 0 Å². The number of carbonyl (C=O) groups is 1. The summed E-state index contributed by atoms with van der Waals surface area (Å²) >= 11 is 0. The third kappa shape index (κ3) is 2.02. The van der Waals surface area contributed by atoms with E-state index in [1.807, 2.05) is 0 Å². The lowest BCUT2D eigenvalue weighted by Crippen LogP contribution is -2.19. The van der Waals surface area contributed by atoms with Gasteiger partial charge in [-0.05, 0) is 31.6 Å². The van der Waals surface area contributed by atoms with Gasteiger partial charge in [0.1, 0.15) is 0 Å². The molecule has 0 radical (unpaired) electrons. The second-order valence-electron chi connectivity index (χ2n) is 4.37. The molecule has 2 aliphatic rings. The van der Waals surface area contributed by atoms with Gasteiger partial charge in [-0.3, -0.25) is 4.79 Å². The van der Waals surface area contributed by atoms with Crippen LogP contribution in [0.5, 0.6) is 0 Å². The highest BCUT2D eigenvalue weighted by atomic mass is 16.6. The molecular weight excluding hydrogens is 168 g/mol. The number of fused-ring (bicyclic) bond motifs is 1. The number of aliphatic carboxylic acids is 1. The standard InChI is InChI=1S/C10H16O3/c1-6(10(11)12)4-7-2-3-8-9(5-7)13-8/h6-9H,2-5H2,1H3,(H,11,12). The van der Waals surface area contributed by atoms with Crippen LogP contribution < -0.4 is 0 Å². The molecule has 0 bridgehead atoms. The minimum absolute atomic E-state index is 0.194. The van der Waals surface area contributed by atoms with E-state index < -0.39 is 5.97 Å². The van der Waals surface area contributed by atoms with E-state index in [9.17, 15) is 4.79 Å². The van der Waals surface area contributed by atoms with Crippen molar-refractivity contribution in [2.45, 2.75) is 44.8 Å². The zero-order chi connectivity index (χ0) is 9.42. The quantitative estimate of drug-likeness (QED) is 0.679. The van der Waals surface area contributed by atoms with Crippen LogP contribution in [0.15, 0.2) is 0 Å². The topological polar surface area (TPSA) is 49.8 Å². The molecule has 1 N–H and O–H groups in total. The van der Waals surface area contributed by atoms with Crippen LogP contribution in [0.3, 0.4) is 0 Å². The van der Waals surface area contributed by atoms with Crippen LogP contribution in [-0.4, -0.2) is 23.3 Å². The SMILES string of the molecule is CC(CC1CCC2OC2C1)C(=O)O. The van der Waals surface area contributed by atoms with Crippen molar-refractivity contribution in [2.24, 2.45) is 11.8 Å². The Morgan fingerprint density at radius 1 is 1.54 bits per heavy atom. The van der Waals surface area contributed by atoms with Crippen LogP contribution in [-0.2, 0) is 9.53 Å². The second-order valence-corrected chi connectivity index (χ2v) is 4.37. The summed E-state index contributed by atoms with van der Waals surface area (Å²) in [5.74, 6) is -0.283. The molecule has 2 fully saturated rings. The molecule has 0 spiro atoms. The van der Waals surface area contributed by atoms with E-state index in [4.69, 9.17) is 9.84 Å². The zero-order valence-electron chi connectivity index (χ0n) is 7.90. The first-order valence-electron chi connectivity index (χ1n) is 5.05. The first-order valence-corrected chi connectivity index (χ1v) is 5.05. The molecule has 1 saturated heterocycles. The van der Waals surface area contributed by atoms with E-state index in [1.54, 1.807) is 6.92 Å². The molecule has 74 valence electrons. The summed E-state index contributed by atoms with van der Waals surface area (Å²) in [6.45, 7) is 1.79. The lowest BCUT2D eigenvalue weighted by molar-refractivity contribution is -0.141. The first-order chi connectivity index (χ1) is 6.16.